The fraction of sp³-hybridized carbons (Fsp3) is 0.450. The average molecular weight is 314 g/mol. The molecular formula is C20H26O3. The second-order valence-corrected chi connectivity index (χ2v) is 6.39. The molecule has 0 aromatic heterocycles. The molecule has 124 valence electrons. The van der Waals surface area contributed by atoms with E-state index in [1.807, 2.05) is 24.3 Å². The molecule has 0 bridgehead atoms. The van der Waals surface area contributed by atoms with Crippen LogP contribution in [0, 0.1) is 5.92 Å². The summed E-state index contributed by atoms with van der Waals surface area (Å²) in [7, 11) is 0. The summed E-state index contributed by atoms with van der Waals surface area (Å²) in [5.74, 6) is 0.362. The molecule has 0 aliphatic carbocycles. The zero-order chi connectivity index (χ0) is 16.8. The Balaban J connectivity index is 2.46. The molecule has 0 aliphatic rings. The van der Waals surface area contributed by atoms with E-state index in [0.29, 0.717) is 30.1 Å². The number of unbranched alkanes of at least 4 members (excludes halogenated alkanes) is 1. The molecule has 0 amide bonds. The Morgan fingerprint density at radius 1 is 1.26 bits per heavy atom. The number of esters is 1. The highest BCUT2D eigenvalue weighted by Gasteiger charge is 2.20. The first kappa shape index (κ1) is 17.3. The maximum absolute atomic E-state index is 12.6. The fourth-order valence-electron chi connectivity index (χ4n) is 2.68. The molecule has 2 aromatic carbocycles. The fourth-order valence-corrected chi connectivity index (χ4v) is 2.68. The van der Waals surface area contributed by atoms with Crippen LogP contribution in [0.2, 0.25) is 0 Å². The third-order valence-electron chi connectivity index (χ3n) is 4.04. The molecule has 0 radical (unpaired) electrons. The number of hydrogen-bond donors (Lipinski definition) is 1. The van der Waals surface area contributed by atoms with Crippen molar-refractivity contribution >= 4 is 16.7 Å². The van der Waals surface area contributed by atoms with Gasteiger partial charge in [0.2, 0.25) is 0 Å². The van der Waals surface area contributed by atoms with E-state index >= 15 is 0 Å². The number of aromatic hydroxyl groups is 1. The molecule has 0 aliphatic heterocycles. The van der Waals surface area contributed by atoms with Crippen molar-refractivity contribution in [1.82, 2.24) is 0 Å². The molecule has 0 unspecified atom stereocenters. The molecule has 0 fully saturated rings. The maximum atomic E-state index is 12.6. The molecular weight excluding hydrogens is 288 g/mol. The summed E-state index contributed by atoms with van der Waals surface area (Å²) in [4.78, 5) is 12.6. The van der Waals surface area contributed by atoms with Gasteiger partial charge >= 0.3 is 5.97 Å². The van der Waals surface area contributed by atoms with Gasteiger partial charge in [0, 0.05) is 5.56 Å². The Morgan fingerprint density at radius 3 is 2.70 bits per heavy atom. The summed E-state index contributed by atoms with van der Waals surface area (Å²) in [6.45, 7) is 6.75. The van der Waals surface area contributed by atoms with Crippen LogP contribution in [-0.2, 0) is 11.2 Å². The Kier molecular flexibility index (Phi) is 6.03. The molecule has 23 heavy (non-hydrogen) atoms. The van der Waals surface area contributed by atoms with Crippen molar-refractivity contribution in [2.75, 3.05) is 6.61 Å². The van der Waals surface area contributed by atoms with Crippen molar-refractivity contribution in [3.8, 4) is 5.75 Å². The van der Waals surface area contributed by atoms with E-state index < -0.39 is 0 Å². The SMILES string of the molecule is CCCCOC(=O)c1c(CCC(C)C)c(O)cc2ccccc12. The monoisotopic (exact) mass is 314 g/mol. The molecule has 0 atom stereocenters. The quantitative estimate of drug-likeness (QED) is 0.572. The van der Waals surface area contributed by atoms with Crippen molar-refractivity contribution in [2.45, 2.75) is 46.5 Å². The number of phenols is 1. The smallest absolute Gasteiger partial charge is 0.339 e. The highest BCUT2D eigenvalue weighted by Crippen LogP contribution is 2.32. The Bertz CT molecular complexity index is 674. The predicted molar refractivity (Wildman–Crippen MR) is 94.0 cm³/mol. The third-order valence-corrected chi connectivity index (χ3v) is 4.04. The Morgan fingerprint density at radius 2 is 2.00 bits per heavy atom. The van der Waals surface area contributed by atoms with E-state index in [2.05, 4.69) is 20.8 Å². The molecule has 0 saturated carbocycles. The second kappa shape index (κ2) is 8.00. The summed E-state index contributed by atoms with van der Waals surface area (Å²) >= 11 is 0. The van der Waals surface area contributed by atoms with E-state index in [1.54, 1.807) is 6.07 Å². The van der Waals surface area contributed by atoms with Crippen LogP contribution in [0.4, 0.5) is 0 Å². The van der Waals surface area contributed by atoms with Gasteiger partial charge in [-0.1, -0.05) is 51.5 Å². The zero-order valence-electron chi connectivity index (χ0n) is 14.3. The zero-order valence-corrected chi connectivity index (χ0v) is 14.3. The van der Waals surface area contributed by atoms with E-state index in [1.165, 1.54) is 0 Å². The van der Waals surface area contributed by atoms with Crippen molar-refractivity contribution in [2.24, 2.45) is 5.92 Å². The topological polar surface area (TPSA) is 46.5 Å². The van der Waals surface area contributed by atoms with Gasteiger partial charge in [-0.25, -0.2) is 4.79 Å². The summed E-state index contributed by atoms with van der Waals surface area (Å²) in [5, 5.41) is 12.1. The van der Waals surface area contributed by atoms with Gasteiger partial charge in [0.15, 0.2) is 0 Å². The standard InChI is InChI=1S/C20H26O3/c1-4-5-12-23-20(22)19-16-9-7-6-8-15(16)13-18(21)17(19)11-10-14(2)3/h6-9,13-14,21H,4-5,10-12H2,1-3H3. The summed E-state index contributed by atoms with van der Waals surface area (Å²) in [5.41, 5.74) is 1.23. The van der Waals surface area contributed by atoms with Gasteiger partial charge in [0.25, 0.3) is 0 Å². The first-order valence-electron chi connectivity index (χ1n) is 8.45. The van der Waals surface area contributed by atoms with Crippen LogP contribution in [-0.4, -0.2) is 17.7 Å². The van der Waals surface area contributed by atoms with Crippen LogP contribution in [0.3, 0.4) is 0 Å². The lowest BCUT2D eigenvalue weighted by atomic mass is 9.93. The lowest BCUT2D eigenvalue weighted by Gasteiger charge is -2.15. The van der Waals surface area contributed by atoms with Gasteiger partial charge < -0.3 is 9.84 Å². The minimum Gasteiger partial charge on any atom is -0.508 e. The molecule has 0 spiro atoms. The van der Waals surface area contributed by atoms with Crippen LogP contribution < -0.4 is 0 Å². The van der Waals surface area contributed by atoms with E-state index in [9.17, 15) is 9.90 Å². The normalized spacial score (nSPS) is 11.1. The number of carbonyl (C=O) groups excluding carboxylic acids is 1. The van der Waals surface area contributed by atoms with E-state index in [4.69, 9.17) is 4.74 Å². The Hall–Kier alpha value is -2.03. The minimum absolute atomic E-state index is 0.187. The molecule has 0 heterocycles. The minimum atomic E-state index is -0.329. The number of rotatable bonds is 7. The molecule has 3 heteroatoms. The van der Waals surface area contributed by atoms with Gasteiger partial charge in [-0.3, -0.25) is 0 Å². The van der Waals surface area contributed by atoms with Crippen LogP contribution in [0.1, 0.15) is 56.0 Å². The van der Waals surface area contributed by atoms with E-state index in [0.717, 1.165) is 30.0 Å². The molecule has 1 N–H and O–H groups in total. The first-order valence-corrected chi connectivity index (χ1v) is 8.45. The van der Waals surface area contributed by atoms with Crippen LogP contribution in [0.15, 0.2) is 30.3 Å². The lowest BCUT2D eigenvalue weighted by molar-refractivity contribution is 0.0500. The highest BCUT2D eigenvalue weighted by atomic mass is 16.5. The van der Waals surface area contributed by atoms with Crippen molar-refractivity contribution < 1.29 is 14.6 Å². The number of phenolic OH excluding ortho intramolecular Hbond substituents is 1. The van der Waals surface area contributed by atoms with Gasteiger partial charge in [-0.15, -0.1) is 0 Å². The Labute approximate surface area is 138 Å². The average Bonchev–Trinajstić information content (AvgIpc) is 2.52. The molecule has 2 rings (SSSR count). The molecule has 3 nitrogen and oxygen atoms in total. The van der Waals surface area contributed by atoms with Gasteiger partial charge in [-0.05, 0) is 42.0 Å². The van der Waals surface area contributed by atoms with Crippen LogP contribution in [0.25, 0.3) is 10.8 Å². The largest absolute Gasteiger partial charge is 0.508 e. The van der Waals surface area contributed by atoms with Gasteiger partial charge in [0.05, 0.1) is 12.2 Å². The lowest BCUT2D eigenvalue weighted by Crippen LogP contribution is -2.11. The number of fused-ring (bicyclic) bond motifs is 1. The third kappa shape index (κ3) is 4.25. The second-order valence-electron chi connectivity index (χ2n) is 6.39. The van der Waals surface area contributed by atoms with Crippen LogP contribution in [0.5, 0.6) is 5.75 Å². The van der Waals surface area contributed by atoms with Gasteiger partial charge in [-0.2, -0.15) is 0 Å². The van der Waals surface area contributed by atoms with E-state index in [-0.39, 0.29) is 11.7 Å². The summed E-state index contributed by atoms with van der Waals surface area (Å²) in [6.07, 6.45) is 3.42. The summed E-state index contributed by atoms with van der Waals surface area (Å²) in [6, 6.07) is 9.39. The highest BCUT2D eigenvalue weighted by molar-refractivity contribution is 6.06. The van der Waals surface area contributed by atoms with Crippen molar-refractivity contribution in [3.63, 3.8) is 0 Å². The molecule has 2 aromatic rings. The van der Waals surface area contributed by atoms with Crippen molar-refractivity contribution in [3.05, 3.63) is 41.5 Å². The number of carbonyl (C=O) groups is 1. The van der Waals surface area contributed by atoms with Crippen LogP contribution >= 0.6 is 0 Å². The van der Waals surface area contributed by atoms with Crippen molar-refractivity contribution in [1.29, 1.82) is 0 Å². The summed E-state index contributed by atoms with van der Waals surface area (Å²) < 4.78 is 5.43. The van der Waals surface area contributed by atoms with Gasteiger partial charge in [0.1, 0.15) is 5.75 Å². The molecule has 0 saturated heterocycles. The number of ether oxygens (including phenoxy) is 1. The maximum Gasteiger partial charge on any atom is 0.339 e. The first-order chi connectivity index (χ1) is 11.0. The number of benzene rings is 2. The number of hydrogen-bond acceptors (Lipinski definition) is 3. The predicted octanol–water partition coefficient (Wildman–Crippen LogP) is 5.09.